The smallest absolute Gasteiger partial charge is 0.180 e. The number of aromatic nitrogens is 3. The van der Waals surface area contributed by atoms with Crippen LogP contribution in [0.4, 0.5) is 5.82 Å². The van der Waals surface area contributed by atoms with Crippen molar-refractivity contribution in [2.24, 2.45) is 5.92 Å². The molecule has 2 rings (SSSR count). The molecule has 0 bridgehead atoms. The SMILES string of the molecule is CC(C)Cc1nc(-c2ccc(Cl)cn2)nc(N)c1Br. The maximum absolute atomic E-state index is 5.91. The van der Waals surface area contributed by atoms with E-state index in [-0.39, 0.29) is 0 Å². The second-order valence-electron chi connectivity index (χ2n) is 4.65. The zero-order valence-electron chi connectivity index (χ0n) is 10.7. The van der Waals surface area contributed by atoms with E-state index in [9.17, 15) is 0 Å². The lowest BCUT2D eigenvalue weighted by Gasteiger charge is -2.10. The van der Waals surface area contributed by atoms with Crippen LogP contribution in [0.15, 0.2) is 22.8 Å². The zero-order chi connectivity index (χ0) is 14.0. The fourth-order valence-electron chi connectivity index (χ4n) is 1.66. The molecular formula is C13H14BrClN4. The lowest BCUT2D eigenvalue weighted by atomic mass is 10.1. The maximum atomic E-state index is 5.91. The molecule has 6 heteroatoms. The van der Waals surface area contributed by atoms with Crippen molar-refractivity contribution in [2.45, 2.75) is 20.3 Å². The fourth-order valence-corrected chi connectivity index (χ4v) is 2.11. The Bertz CT molecular complexity index is 584. The van der Waals surface area contributed by atoms with Gasteiger partial charge in [0.1, 0.15) is 11.5 Å². The third kappa shape index (κ3) is 3.42. The van der Waals surface area contributed by atoms with Crippen molar-refractivity contribution >= 4 is 33.3 Å². The number of nitrogens with two attached hydrogens (primary N) is 1. The van der Waals surface area contributed by atoms with Gasteiger partial charge in [0.25, 0.3) is 0 Å². The van der Waals surface area contributed by atoms with Gasteiger partial charge in [-0.2, -0.15) is 0 Å². The second-order valence-corrected chi connectivity index (χ2v) is 5.88. The third-order valence-electron chi connectivity index (χ3n) is 2.50. The monoisotopic (exact) mass is 340 g/mol. The summed E-state index contributed by atoms with van der Waals surface area (Å²) >= 11 is 9.26. The van der Waals surface area contributed by atoms with Crippen LogP contribution in [0.2, 0.25) is 5.02 Å². The second kappa shape index (κ2) is 5.84. The number of nitrogen functional groups attached to an aromatic ring is 1. The highest BCUT2D eigenvalue weighted by atomic mass is 79.9. The standard InChI is InChI=1S/C13H14BrClN4/c1-7(2)5-10-11(14)12(16)19-13(18-10)9-4-3-8(15)6-17-9/h3-4,6-7H,5H2,1-2H3,(H2,16,18,19). The first-order valence-electron chi connectivity index (χ1n) is 5.91. The van der Waals surface area contributed by atoms with Gasteiger partial charge in [-0.05, 0) is 40.4 Å². The summed E-state index contributed by atoms with van der Waals surface area (Å²) in [5.74, 6) is 1.43. The molecule has 0 aliphatic rings. The molecule has 0 aromatic carbocycles. The third-order valence-corrected chi connectivity index (χ3v) is 3.59. The van der Waals surface area contributed by atoms with E-state index in [1.807, 2.05) is 0 Å². The van der Waals surface area contributed by atoms with Crippen molar-refractivity contribution in [3.05, 3.63) is 33.5 Å². The van der Waals surface area contributed by atoms with Crippen molar-refractivity contribution in [2.75, 3.05) is 5.73 Å². The van der Waals surface area contributed by atoms with Gasteiger partial charge in [0, 0.05) is 6.20 Å². The van der Waals surface area contributed by atoms with Crippen molar-refractivity contribution in [1.29, 1.82) is 0 Å². The van der Waals surface area contributed by atoms with E-state index in [0.717, 1.165) is 16.6 Å². The van der Waals surface area contributed by atoms with Crippen LogP contribution in [0.3, 0.4) is 0 Å². The summed E-state index contributed by atoms with van der Waals surface area (Å²) in [5, 5.41) is 0.580. The molecule has 0 atom stereocenters. The van der Waals surface area contributed by atoms with E-state index in [1.54, 1.807) is 18.3 Å². The Labute approximate surface area is 125 Å². The minimum atomic E-state index is 0.428. The molecule has 100 valence electrons. The molecule has 2 N–H and O–H groups in total. The lowest BCUT2D eigenvalue weighted by Crippen LogP contribution is -2.06. The van der Waals surface area contributed by atoms with Gasteiger partial charge in [0.15, 0.2) is 5.82 Å². The van der Waals surface area contributed by atoms with E-state index in [0.29, 0.717) is 28.3 Å². The van der Waals surface area contributed by atoms with Gasteiger partial charge in [-0.25, -0.2) is 9.97 Å². The quantitative estimate of drug-likeness (QED) is 0.923. The van der Waals surface area contributed by atoms with Crippen LogP contribution in [0.1, 0.15) is 19.5 Å². The molecule has 0 fully saturated rings. The first-order valence-corrected chi connectivity index (χ1v) is 7.08. The van der Waals surface area contributed by atoms with Crippen molar-refractivity contribution in [3.63, 3.8) is 0 Å². The summed E-state index contributed by atoms with van der Waals surface area (Å²) in [5.41, 5.74) is 7.47. The molecule has 0 amide bonds. The molecule has 4 nitrogen and oxygen atoms in total. The first kappa shape index (κ1) is 14.2. The molecule has 0 aliphatic heterocycles. The summed E-state index contributed by atoms with van der Waals surface area (Å²) in [6.07, 6.45) is 2.40. The van der Waals surface area contributed by atoms with Crippen LogP contribution < -0.4 is 5.73 Å². The van der Waals surface area contributed by atoms with Gasteiger partial charge < -0.3 is 5.73 Å². The lowest BCUT2D eigenvalue weighted by molar-refractivity contribution is 0.632. The predicted octanol–water partition coefficient (Wildman–Crippen LogP) is 3.74. The number of rotatable bonds is 3. The number of pyridine rings is 1. The van der Waals surface area contributed by atoms with E-state index in [1.165, 1.54) is 0 Å². The molecule has 0 aliphatic carbocycles. The van der Waals surface area contributed by atoms with Crippen molar-refractivity contribution in [1.82, 2.24) is 15.0 Å². The Morgan fingerprint density at radius 3 is 2.63 bits per heavy atom. The van der Waals surface area contributed by atoms with Crippen molar-refractivity contribution in [3.8, 4) is 11.5 Å². The molecule has 0 spiro atoms. The largest absolute Gasteiger partial charge is 0.383 e. The highest BCUT2D eigenvalue weighted by molar-refractivity contribution is 9.10. The summed E-state index contributed by atoms with van der Waals surface area (Å²) in [7, 11) is 0. The summed E-state index contributed by atoms with van der Waals surface area (Å²) < 4.78 is 0.763. The van der Waals surface area contributed by atoms with Crippen LogP contribution in [0.5, 0.6) is 0 Å². The number of halogens is 2. The maximum Gasteiger partial charge on any atom is 0.180 e. The molecule has 0 saturated heterocycles. The highest BCUT2D eigenvalue weighted by Crippen LogP contribution is 2.26. The number of nitrogens with zero attached hydrogens (tertiary/aromatic N) is 3. The Morgan fingerprint density at radius 2 is 2.05 bits per heavy atom. The Morgan fingerprint density at radius 1 is 1.32 bits per heavy atom. The minimum Gasteiger partial charge on any atom is -0.383 e. The predicted molar refractivity (Wildman–Crippen MR) is 80.9 cm³/mol. The van der Waals surface area contributed by atoms with Gasteiger partial charge >= 0.3 is 0 Å². The Balaban J connectivity index is 2.46. The highest BCUT2D eigenvalue weighted by Gasteiger charge is 2.13. The number of hydrogen-bond acceptors (Lipinski definition) is 4. The van der Waals surface area contributed by atoms with Gasteiger partial charge in [-0.3, -0.25) is 4.98 Å². The van der Waals surface area contributed by atoms with Gasteiger partial charge in [-0.15, -0.1) is 0 Å². The zero-order valence-corrected chi connectivity index (χ0v) is 13.0. The Kier molecular flexibility index (Phi) is 4.37. The molecule has 19 heavy (non-hydrogen) atoms. The van der Waals surface area contributed by atoms with Crippen LogP contribution in [0, 0.1) is 5.92 Å². The molecule has 2 heterocycles. The van der Waals surface area contributed by atoms with E-state index in [4.69, 9.17) is 17.3 Å². The van der Waals surface area contributed by atoms with E-state index in [2.05, 4.69) is 44.7 Å². The molecule has 2 aromatic heterocycles. The molecular weight excluding hydrogens is 328 g/mol. The Hall–Kier alpha value is -1.20. The summed E-state index contributed by atoms with van der Waals surface area (Å²) in [4.78, 5) is 13.0. The van der Waals surface area contributed by atoms with Crippen LogP contribution in [0.25, 0.3) is 11.5 Å². The van der Waals surface area contributed by atoms with E-state index >= 15 is 0 Å². The normalized spacial score (nSPS) is 11.0. The molecule has 2 aromatic rings. The van der Waals surface area contributed by atoms with Crippen molar-refractivity contribution < 1.29 is 0 Å². The van der Waals surface area contributed by atoms with Crippen LogP contribution in [-0.4, -0.2) is 15.0 Å². The summed E-state index contributed by atoms with van der Waals surface area (Å²) in [6, 6.07) is 3.54. The van der Waals surface area contributed by atoms with Crippen LogP contribution in [-0.2, 0) is 6.42 Å². The fraction of sp³-hybridized carbons (Fsp3) is 0.308. The topological polar surface area (TPSA) is 64.7 Å². The molecule has 0 unspecified atom stereocenters. The van der Waals surface area contributed by atoms with Gasteiger partial charge in [-0.1, -0.05) is 25.4 Å². The summed E-state index contributed by atoms with van der Waals surface area (Å²) in [6.45, 7) is 4.26. The minimum absolute atomic E-state index is 0.428. The molecule has 0 radical (unpaired) electrons. The average Bonchev–Trinajstić information content (AvgIpc) is 2.35. The number of anilines is 1. The van der Waals surface area contributed by atoms with Gasteiger partial charge in [0.05, 0.1) is 15.2 Å². The molecule has 0 saturated carbocycles. The number of hydrogen-bond donors (Lipinski definition) is 1. The average molecular weight is 342 g/mol. The van der Waals surface area contributed by atoms with Gasteiger partial charge in [0.2, 0.25) is 0 Å². The first-order chi connectivity index (χ1) is 8.97. The van der Waals surface area contributed by atoms with E-state index < -0.39 is 0 Å². The van der Waals surface area contributed by atoms with Crippen LogP contribution >= 0.6 is 27.5 Å².